The van der Waals surface area contributed by atoms with Gasteiger partial charge in [-0.15, -0.1) is 0 Å². The SMILES string of the molecule is CCCCC/C=C\C/C=C\C/C=C\C/C=C\CCCC(=O)OC[C@H](COC(=O)CCCCCCC/C=C\C/C=C\CCCCC)OC(=O)CCCCCCC/C=C\C/C=C\CCCCC. The van der Waals surface area contributed by atoms with Crippen molar-refractivity contribution in [1.82, 2.24) is 0 Å². The van der Waals surface area contributed by atoms with Crippen LogP contribution < -0.4 is 0 Å². The molecule has 0 unspecified atom stereocenters. The fraction of sp³-hybridized carbons (Fsp3) is 0.678. The highest BCUT2D eigenvalue weighted by Crippen LogP contribution is 2.13. The van der Waals surface area contributed by atoms with Crippen LogP contribution in [0.15, 0.2) is 97.2 Å². The summed E-state index contributed by atoms with van der Waals surface area (Å²) in [6.45, 7) is 6.48. The number of carbonyl (C=O) groups excluding carboxylic acids is 3. The molecule has 0 aromatic rings. The maximum Gasteiger partial charge on any atom is 0.306 e. The van der Waals surface area contributed by atoms with Crippen LogP contribution in [0.3, 0.4) is 0 Å². The van der Waals surface area contributed by atoms with Gasteiger partial charge in [-0.2, -0.15) is 0 Å². The van der Waals surface area contributed by atoms with Gasteiger partial charge in [0.1, 0.15) is 13.2 Å². The molecule has 370 valence electrons. The molecule has 0 fully saturated rings. The van der Waals surface area contributed by atoms with Crippen molar-refractivity contribution in [2.24, 2.45) is 0 Å². The van der Waals surface area contributed by atoms with Crippen molar-refractivity contribution in [3.8, 4) is 0 Å². The third kappa shape index (κ3) is 51.2. The topological polar surface area (TPSA) is 78.9 Å². The van der Waals surface area contributed by atoms with Crippen LogP contribution in [0, 0.1) is 0 Å². The van der Waals surface area contributed by atoms with Crippen molar-refractivity contribution in [3.05, 3.63) is 97.2 Å². The summed E-state index contributed by atoms with van der Waals surface area (Å²) >= 11 is 0. The Bertz CT molecular complexity index is 1310. The molecule has 0 bridgehead atoms. The van der Waals surface area contributed by atoms with Crippen molar-refractivity contribution < 1.29 is 28.6 Å². The minimum absolute atomic E-state index is 0.109. The Labute approximate surface area is 400 Å². The minimum Gasteiger partial charge on any atom is -0.462 e. The molecule has 0 N–H and O–H groups in total. The van der Waals surface area contributed by atoms with E-state index in [1.165, 1.54) is 77.0 Å². The van der Waals surface area contributed by atoms with Crippen LogP contribution in [0.1, 0.15) is 239 Å². The number of hydrogen-bond donors (Lipinski definition) is 0. The first-order valence-electron chi connectivity index (χ1n) is 26.7. The van der Waals surface area contributed by atoms with Gasteiger partial charge < -0.3 is 14.2 Å². The molecule has 0 aromatic heterocycles. The van der Waals surface area contributed by atoms with Gasteiger partial charge in [-0.3, -0.25) is 14.4 Å². The first kappa shape index (κ1) is 61.3. The Hall–Kier alpha value is -3.67. The zero-order valence-electron chi connectivity index (χ0n) is 42.2. The molecule has 0 saturated heterocycles. The lowest BCUT2D eigenvalue weighted by molar-refractivity contribution is -0.167. The minimum atomic E-state index is -0.813. The Morgan fingerprint density at radius 1 is 0.308 bits per heavy atom. The summed E-state index contributed by atoms with van der Waals surface area (Å²) in [6, 6.07) is 0. The van der Waals surface area contributed by atoms with Gasteiger partial charge >= 0.3 is 17.9 Å². The van der Waals surface area contributed by atoms with Crippen LogP contribution >= 0.6 is 0 Å². The number of esters is 3. The summed E-state index contributed by atoms with van der Waals surface area (Å²) in [5, 5.41) is 0. The van der Waals surface area contributed by atoms with Crippen LogP contribution in [-0.4, -0.2) is 37.2 Å². The number of hydrogen-bond acceptors (Lipinski definition) is 6. The molecule has 0 radical (unpaired) electrons. The first-order chi connectivity index (χ1) is 32.0. The van der Waals surface area contributed by atoms with Gasteiger partial charge in [0.25, 0.3) is 0 Å². The fourth-order valence-corrected chi connectivity index (χ4v) is 6.96. The second-order valence-electron chi connectivity index (χ2n) is 17.4. The van der Waals surface area contributed by atoms with E-state index in [2.05, 4.69) is 118 Å². The molecule has 0 aliphatic rings. The average Bonchev–Trinajstić information content (AvgIpc) is 3.30. The zero-order valence-corrected chi connectivity index (χ0v) is 42.2. The fourth-order valence-electron chi connectivity index (χ4n) is 6.96. The van der Waals surface area contributed by atoms with Gasteiger partial charge in [-0.05, 0) is 122 Å². The molecule has 1 atom stereocenters. The van der Waals surface area contributed by atoms with Crippen molar-refractivity contribution in [3.63, 3.8) is 0 Å². The van der Waals surface area contributed by atoms with E-state index in [1.807, 2.05) is 0 Å². The average molecular weight is 903 g/mol. The van der Waals surface area contributed by atoms with E-state index in [0.29, 0.717) is 19.3 Å². The highest BCUT2D eigenvalue weighted by Gasteiger charge is 2.19. The van der Waals surface area contributed by atoms with E-state index in [9.17, 15) is 14.4 Å². The molecule has 6 nitrogen and oxygen atoms in total. The summed E-state index contributed by atoms with van der Waals surface area (Å²) < 4.78 is 16.7. The molecular weight excluding hydrogens is 805 g/mol. The van der Waals surface area contributed by atoms with E-state index in [-0.39, 0.29) is 37.5 Å². The van der Waals surface area contributed by atoms with Crippen molar-refractivity contribution in [2.45, 2.75) is 245 Å². The van der Waals surface area contributed by atoms with Crippen LogP contribution in [0.5, 0.6) is 0 Å². The molecule has 6 heteroatoms. The van der Waals surface area contributed by atoms with E-state index in [1.54, 1.807) is 0 Å². The number of rotatable bonds is 47. The van der Waals surface area contributed by atoms with Crippen molar-refractivity contribution in [2.75, 3.05) is 13.2 Å². The molecule has 0 rings (SSSR count). The summed E-state index contributed by atoms with van der Waals surface area (Å²) in [7, 11) is 0. The van der Waals surface area contributed by atoms with Crippen LogP contribution in [0.2, 0.25) is 0 Å². The van der Waals surface area contributed by atoms with Gasteiger partial charge in [0.2, 0.25) is 0 Å². The molecule has 0 aromatic carbocycles. The number of ether oxygens (including phenoxy) is 3. The maximum atomic E-state index is 12.8. The second kappa shape index (κ2) is 52.9. The van der Waals surface area contributed by atoms with Crippen molar-refractivity contribution in [1.29, 1.82) is 0 Å². The Kier molecular flexibility index (Phi) is 50.0. The quantitative estimate of drug-likeness (QED) is 0.0262. The number of allylic oxidation sites excluding steroid dienone is 16. The summed E-state index contributed by atoms with van der Waals surface area (Å²) in [5.74, 6) is -0.995. The summed E-state index contributed by atoms with van der Waals surface area (Å²) in [4.78, 5) is 38.0. The van der Waals surface area contributed by atoms with Gasteiger partial charge in [-0.25, -0.2) is 0 Å². The van der Waals surface area contributed by atoms with Gasteiger partial charge in [0.15, 0.2) is 6.10 Å². The summed E-state index contributed by atoms with van der Waals surface area (Å²) in [5.41, 5.74) is 0. The van der Waals surface area contributed by atoms with E-state index >= 15 is 0 Å². The van der Waals surface area contributed by atoms with Crippen molar-refractivity contribution >= 4 is 17.9 Å². The highest BCUT2D eigenvalue weighted by molar-refractivity contribution is 5.71. The van der Waals surface area contributed by atoms with Gasteiger partial charge in [0, 0.05) is 19.3 Å². The highest BCUT2D eigenvalue weighted by atomic mass is 16.6. The predicted molar refractivity (Wildman–Crippen MR) is 279 cm³/mol. The standard InChI is InChI=1S/C59H98O6/c1-4-7-10-13-16-19-22-25-28-29-32-34-37-40-43-46-49-52-58(61)64-55-56(65-59(62)53-50-47-44-41-38-35-31-27-24-21-18-15-12-9-6-3)54-63-57(60)51-48-45-42-39-36-33-30-26-23-20-17-14-11-8-5-2/h16-21,25-28,30-32,34,40,43,56H,4-15,22-24,29,33,35-39,41-42,44-55H2,1-3H3/b19-16-,20-17-,21-18-,28-25-,30-26-,31-27-,34-32-,43-40-/t56-/m0/s1. The lowest BCUT2D eigenvalue weighted by Crippen LogP contribution is -2.30. The smallest absolute Gasteiger partial charge is 0.306 e. The summed E-state index contributed by atoms with van der Waals surface area (Å²) in [6.07, 6.45) is 69.6. The van der Waals surface area contributed by atoms with Crippen LogP contribution in [-0.2, 0) is 28.6 Å². The largest absolute Gasteiger partial charge is 0.462 e. The zero-order chi connectivity index (χ0) is 47.2. The Balaban J connectivity index is 4.53. The predicted octanol–water partition coefficient (Wildman–Crippen LogP) is 17.8. The molecule has 65 heavy (non-hydrogen) atoms. The monoisotopic (exact) mass is 903 g/mol. The third-order valence-electron chi connectivity index (χ3n) is 11.0. The van der Waals surface area contributed by atoms with E-state index in [4.69, 9.17) is 14.2 Å². The molecule has 0 aliphatic carbocycles. The second-order valence-corrected chi connectivity index (χ2v) is 17.4. The molecule has 0 spiro atoms. The van der Waals surface area contributed by atoms with E-state index < -0.39 is 6.10 Å². The van der Waals surface area contributed by atoms with Crippen LogP contribution in [0.25, 0.3) is 0 Å². The van der Waals surface area contributed by atoms with Gasteiger partial charge in [-0.1, -0.05) is 195 Å². The Morgan fingerprint density at radius 2 is 0.569 bits per heavy atom. The molecule has 0 saturated carbocycles. The lowest BCUT2D eigenvalue weighted by atomic mass is 10.1. The van der Waals surface area contributed by atoms with Crippen LogP contribution in [0.4, 0.5) is 0 Å². The molecular formula is C59H98O6. The normalized spacial score (nSPS) is 12.8. The number of unbranched alkanes of at least 4 members (excludes halogenated alkanes) is 20. The first-order valence-corrected chi connectivity index (χ1v) is 26.7. The Morgan fingerprint density at radius 3 is 0.923 bits per heavy atom. The molecule has 0 heterocycles. The van der Waals surface area contributed by atoms with Gasteiger partial charge in [0.05, 0.1) is 0 Å². The lowest BCUT2D eigenvalue weighted by Gasteiger charge is -2.18. The number of carbonyl (C=O) groups is 3. The third-order valence-corrected chi connectivity index (χ3v) is 11.0. The maximum absolute atomic E-state index is 12.8. The molecule has 0 amide bonds. The molecule has 0 aliphatic heterocycles. The van der Waals surface area contributed by atoms with E-state index in [0.717, 1.165) is 116 Å².